The summed E-state index contributed by atoms with van der Waals surface area (Å²) in [6.07, 6.45) is 0.915. The van der Waals surface area contributed by atoms with Gasteiger partial charge in [-0.25, -0.2) is 4.39 Å². The summed E-state index contributed by atoms with van der Waals surface area (Å²) >= 11 is 1.58. The third-order valence-electron chi connectivity index (χ3n) is 2.63. The minimum absolute atomic E-state index is 0.0355. The molecule has 0 aliphatic rings. The lowest BCUT2D eigenvalue weighted by molar-refractivity contribution is 0.206. The zero-order valence-electron chi connectivity index (χ0n) is 11.8. The van der Waals surface area contributed by atoms with Crippen molar-refractivity contribution in [3.63, 3.8) is 0 Å². The van der Waals surface area contributed by atoms with Crippen molar-refractivity contribution in [2.45, 2.75) is 32.9 Å². The van der Waals surface area contributed by atoms with E-state index in [9.17, 15) is 4.39 Å². The molecular formula is C13H18FN5S. The predicted molar refractivity (Wildman–Crippen MR) is 80.0 cm³/mol. The van der Waals surface area contributed by atoms with E-state index in [0.717, 1.165) is 18.0 Å². The second-order valence-corrected chi connectivity index (χ2v) is 5.82. The Morgan fingerprint density at radius 2 is 2.10 bits per heavy atom. The van der Waals surface area contributed by atoms with Crippen LogP contribution in [0.3, 0.4) is 0 Å². The van der Waals surface area contributed by atoms with Crippen LogP contribution in [0.15, 0.2) is 17.5 Å². The van der Waals surface area contributed by atoms with Gasteiger partial charge in [-0.1, -0.05) is 6.92 Å². The summed E-state index contributed by atoms with van der Waals surface area (Å²) in [5.41, 5.74) is 4.04. The summed E-state index contributed by atoms with van der Waals surface area (Å²) in [6.45, 7) is 5.60. The van der Waals surface area contributed by atoms with E-state index >= 15 is 0 Å². The van der Waals surface area contributed by atoms with Gasteiger partial charge in [0.2, 0.25) is 11.9 Å². The highest BCUT2D eigenvalue weighted by Gasteiger charge is 2.25. The predicted octanol–water partition coefficient (Wildman–Crippen LogP) is 3.27. The van der Waals surface area contributed by atoms with Gasteiger partial charge in [0.15, 0.2) is 11.5 Å². The van der Waals surface area contributed by atoms with Gasteiger partial charge in [-0.05, 0) is 37.8 Å². The number of nitrogen functional groups attached to an aromatic ring is 1. The molecule has 0 aliphatic heterocycles. The molecule has 2 N–H and O–H groups in total. The number of alkyl halides is 1. The van der Waals surface area contributed by atoms with Gasteiger partial charge in [0, 0.05) is 6.54 Å². The van der Waals surface area contributed by atoms with E-state index in [1.807, 2.05) is 22.4 Å². The van der Waals surface area contributed by atoms with E-state index in [-0.39, 0.29) is 11.8 Å². The lowest BCUT2D eigenvalue weighted by Gasteiger charge is -2.22. The van der Waals surface area contributed by atoms with Gasteiger partial charge in [-0.3, -0.25) is 0 Å². The third kappa shape index (κ3) is 3.22. The Morgan fingerprint density at radius 3 is 2.65 bits per heavy atom. The minimum Gasteiger partial charge on any atom is -0.368 e. The molecular weight excluding hydrogens is 277 g/mol. The van der Waals surface area contributed by atoms with Gasteiger partial charge in [0.1, 0.15) is 0 Å². The van der Waals surface area contributed by atoms with Crippen molar-refractivity contribution >= 4 is 28.2 Å². The summed E-state index contributed by atoms with van der Waals surface area (Å²) < 4.78 is 14.0. The van der Waals surface area contributed by atoms with E-state index in [2.05, 4.69) is 21.9 Å². The van der Waals surface area contributed by atoms with Crippen molar-refractivity contribution in [3.8, 4) is 0 Å². The van der Waals surface area contributed by atoms with Crippen LogP contribution < -0.4 is 10.6 Å². The smallest absolute Gasteiger partial charge is 0.235 e. The third-order valence-corrected chi connectivity index (χ3v) is 3.52. The van der Waals surface area contributed by atoms with Gasteiger partial charge in [-0.15, -0.1) is 11.3 Å². The van der Waals surface area contributed by atoms with Crippen LogP contribution in [0.2, 0.25) is 0 Å². The van der Waals surface area contributed by atoms with Gasteiger partial charge >= 0.3 is 0 Å². The molecule has 0 aliphatic carbocycles. The second-order valence-electron chi connectivity index (χ2n) is 4.89. The Balaban J connectivity index is 2.46. The quantitative estimate of drug-likeness (QED) is 0.917. The zero-order chi connectivity index (χ0) is 14.8. The molecule has 0 amide bonds. The summed E-state index contributed by atoms with van der Waals surface area (Å²) in [5.74, 6) is 0.480. The first-order chi connectivity index (χ1) is 9.41. The molecule has 2 aromatic heterocycles. The molecule has 5 nitrogen and oxygen atoms in total. The number of hydrogen-bond acceptors (Lipinski definition) is 6. The van der Waals surface area contributed by atoms with Crippen molar-refractivity contribution in [2.24, 2.45) is 0 Å². The average Bonchev–Trinajstić information content (AvgIpc) is 2.87. The molecule has 0 fully saturated rings. The number of anilines is 3. The highest BCUT2D eigenvalue weighted by Crippen LogP contribution is 2.29. The zero-order valence-corrected chi connectivity index (χ0v) is 12.6. The first kappa shape index (κ1) is 14.6. The number of thiophene rings is 1. The Bertz CT molecular complexity index is 565. The highest BCUT2D eigenvalue weighted by atomic mass is 32.1. The standard InChI is InChI=1S/C13H18FN5S/c1-4-7-19(9-6-5-8-20-9)12-17-10(13(2,3)14)16-11(15)18-12/h5-6,8H,4,7H2,1-3H3,(H2,15,16,17,18). The maximum atomic E-state index is 14.0. The van der Waals surface area contributed by atoms with Crippen LogP contribution in [0, 0.1) is 0 Å². The lowest BCUT2D eigenvalue weighted by Crippen LogP contribution is -2.24. The number of aromatic nitrogens is 3. The highest BCUT2D eigenvalue weighted by molar-refractivity contribution is 7.14. The van der Waals surface area contributed by atoms with Crippen LogP contribution in [-0.4, -0.2) is 21.5 Å². The maximum Gasteiger partial charge on any atom is 0.235 e. The molecule has 2 aromatic rings. The molecule has 108 valence electrons. The van der Waals surface area contributed by atoms with Crippen molar-refractivity contribution in [3.05, 3.63) is 23.3 Å². The first-order valence-electron chi connectivity index (χ1n) is 6.44. The monoisotopic (exact) mass is 295 g/mol. The van der Waals surface area contributed by atoms with E-state index in [0.29, 0.717) is 5.95 Å². The fourth-order valence-electron chi connectivity index (χ4n) is 1.72. The van der Waals surface area contributed by atoms with Gasteiger partial charge in [0.25, 0.3) is 0 Å². The summed E-state index contributed by atoms with van der Waals surface area (Å²) in [5, 5.41) is 2.97. The maximum absolute atomic E-state index is 14.0. The fourth-order valence-corrected chi connectivity index (χ4v) is 2.48. The molecule has 0 spiro atoms. The molecule has 2 rings (SSSR count). The Kier molecular flexibility index (Phi) is 4.17. The van der Waals surface area contributed by atoms with Crippen LogP contribution >= 0.6 is 11.3 Å². The van der Waals surface area contributed by atoms with E-state index < -0.39 is 5.67 Å². The first-order valence-corrected chi connectivity index (χ1v) is 7.31. The largest absolute Gasteiger partial charge is 0.368 e. The topological polar surface area (TPSA) is 67.9 Å². The Labute approximate surface area is 121 Å². The van der Waals surface area contributed by atoms with Crippen molar-refractivity contribution < 1.29 is 4.39 Å². The van der Waals surface area contributed by atoms with E-state index in [4.69, 9.17) is 5.73 Å². The number of rotatable bonds is 5. The van der Waals surface area contributed by atoms with Crippen molar-refractivity contribution in [1.82, 2.24) is 15.0 Å². The SMILES string of the molecule is CCCN(c1nc(N)nc(C(C)(C)F)n1)c1cccs1. The van der Waals surface area contributed by atoms with Gasteiger partial charge < -0.3 is 10.6 Å². The molecule has 7 heteroatoms. The Morgan fingerprint density at radius 1 is 1.35 bits per heavy atom. The van der Waals surface area contributed by atoms with Crippen LogP contribution in [0.1, 0.15) is 33.0 Å². The molecule has 0 saturated carbocycles. The van der Waals surface area contributed by atoms with Crippen LogP contribution in [0.25, 0.3) is 0 Å². The molecule has 0 atom stereocenters. The number of nitrogens with two attached hydrogens (primary N) is 1. The Hall–Kier alpha value is -1.76. The van der Waals surface area contributed by atoms with Gasteiger partial charge in [0.05, 0.1) is 5.00 Å². The van der Waals surface area contributed by atoms with Crippen LogP contribution in [0.4, 0.5) is 21.3 Å². The minimum atomic E-state index is -1.65. The second kappa shape index (κ2) is 5.70. The van der Waals surface area contributed by atoms with Gasteiger partial charge in [-0.2, -0.15) is 15.0 Å². The average molecular weight is 295 g/mol. The molecule has 0 aromatic carbocycles. The molecule has 20 heavy (non-hydrogen) atoms. The molecule has 0 saturated heterocycles. The molecule has 2 heterocycles. The number of halogens is 1. The molecule has 0 radical (unpaired) electrons. The number of hydrogen-bond donors (Lipinski definition) is 1. The fraction of sp³-hybridized carbons (Fsp3) is 0.462. The normalized spacial score (nSPS) is 11.6. The molecule has 0 unspecified atom stereocenters. The van der Waals surface area contributed by atoms with Crippen LogP contribution in [0.5, 0.6) is 0 Å². The summed E-state index contributed by atoms with van der Waals surface area (Å²) in [4.78, 5) is 14.2. The van der Waals surface area contributed by atoms with Crippen molar-refractivity contribution in [1.29, 1.82) is 0 Å². The van der Waals surface area contributed by atoms with Crippen LogP contribution in [-0.2, 0) is 5.67 Å². The summed E-state index contributed by atoms with van der Waals surface area (Å²) in [6, 6.07) is 3.92. The van der Waals surface area contributed by atoms with Crippen molar-refractivity contribution in [2.75, 3.05) is 17.2 Å². The number of nitrogens with zero attached hydrogens (tertiary/aromatic N) is 4. The lowest BCUT2D eigenvalue weighted by atomic mass is 10.1. The summed E-state index contributed by atoms with van der Waals surface area (Å²) in [7, 11) is 0. The van der Waals surface area contributed by atoms with E-state index in [1.165, 1.54) is 13.8 Å². The molecule has 0 bridgehead atoms. The van der Waals surface area contributed by atoms with E-state index in [1.54, 1.807) is 11.3 Å².